The van der Waals surface area contributed by atoms with Crippen molar-refractivity contribution >= 4 is 16.0 Å². The topological polar surface area (TPSA) is 76.8 Å². The second kappa shape index (κ2) is 10.5. The number of carbonyl (C=O) groups excluding carboxylic acids is 1. The van der Waals surface area contributed by atoms with Crippen LogP contribution in [0.25, 0.3) is 0 Å². The minimum atomic E-state index is -4.75. The second-order valence-corrected chi connectivity index (χ2v) is 9.44. The highest BCUT2D eigenvalue weighted by atomic mass is 32.2. The van der Waals surface area contributed by atoms with E-state index in [2.05, 4.69) is 0 Å². The van der Waals surface area contributed by atoms with Gasteiger partial charge >= 0.3 is 16.3 Å². The molecule has 0 spiro atoms. The summed E-state index contributed by atoms with van der Waals surface area (Å²) in [6.07, 6.45) is -3.34. The number of hydrogen-bond acceptors (Lipinski definition) is 5. The Labute approximate surface area is 209 Å². The summed E-state index contributed by atoms with van der Waals surface area (Å²) in [6.45, 7) is -0.295. The number of alkyl halides is 3. The number of rotatable bonds is 8. The van der Waals surface area contributed by atoms with Crippen molar-refractivity contribution < 1.29 is 39.4 Å². The number of amides is 1. The van der Waals surface area contributed by atoms with Crippen LogP contribution in [0.15, 0.2) is 101 Å². The molecule has 0 aliphatic carbocycles. The van der Waals surface area contributed by atoms with Crippen molar-refractivity contribution in [1.29, 1.82) is 0 Å². The first-order valence-electron chi connectivity index (χ1n) is 10.8. The van der Waals surface area contributed by atoms with Crippen LogP contribution < -0.4 is 4.18 Å². The van der Waals surface area contributed by atoms with Gasteiger partial charge in [0.05, 0.1) is 30.5 Å². The van der Waals surface area contributed by atoms with Crippen molar-refractivity contribution in [2.24, 2.45) is 0 Å². The van der Waals surface area contributed by atoms with Gasteiger partial charge in [-0.1, -0.05) is 36.4 Å². The Balaban J connectivity index is 1.66. The lowest BCUT2D eigenvalue weighted by atomic mass is 10.1. The van der Waals surface area contributed by atoms with E-state index >= 15 is 0 Å². The van der Waals surface area contributed by atoms with Crippen molar-refractivity contribution in [2.45, 2.75) is 24.2 Å². The number of para-hydroxylation sites is 1. The van der Waals surface area contributed by atoms with E-state index in [1.54, 1.807) is 18.2 Å². The van der Waals surface area contributed by atoms with Gasteiger partial charge in [-0.05, 0) is 48.5 Å². The molecule has 1 heterocycles. The Bertz CT molecular complexity index is 1500. The molecule has 37 heavy (non-hydrogen) atoms. The van der Waals surface area contributed by atoms with Gasteiger partial charge in [0.25, 0.3) is 5.91 Å². The number of hydrogen-bond donors (Lipinski definition) is 0. The van der Waals surface area contributed by atoms with Crippen LogP contribution in [-0.2, 0) is 29.4 Å². The average Bonchev–Trinajstić information content (AvgIpc) is 3.37. The molecule has 0 radical (unpaired) electrons. The summed E-state index contributed by atoms with van der Waals surface area (Å²) >= 11 is 0. The van der Waals surface area contributed by atoms with E-state index < -0.39 is 38.5 Å². The first-order chi connectivity index (χ1) is 17.5. The van der Waals surface area contributed by atoms with Gasteiger partial charge in [-0.2, -0.15) is 21.6 Å². The maximum Gasteiger partial charge on any atom is 0.416 e. The summed E-state index contributed by atoms with van der Waals surface area (Å²) < 4.78 is 89.8. The molecule has 0 fully saturated rings. The zero-order chi connectivity index (χ0) is 26.6. The molecule has 4 rings (SSSR count). The maximum absolute atomic E-state index is 14.4. The summed E-state index contributed by atoms with van der Waals surface area (Å²) in [4.78, 5) is 13.8. The zero-order valence-corrected chi connectivity index (χ0v) is 19.8. The number of carbonyl (C=O) groups is 1. The van der Waals surface area contributed by atoms with E-state index in [4.69, 9.17) is 8.60 Å². The van der Waals surface area contributed by atoms with Crippen LogP contribution in [-0.4, -0.2) is 19.2 Å². The highest BCUT2D eigenvalue weighted by molar-refractivity contribution is 7.87. The predicted octanol–water partition coefficient (Wildman–Crippen LogP) is 6.05. The normalized spacial score (nSPS) is 11.8. The highest BCUT2D eigenvalue weighted by Crippen LogP contribution is 2.32. The van der Waals surface area contributed by atoms with Crippen molar-refractivity contribution in [3.8, 4) is 5.75 Å². The van der Waals surface area contributed by atoms with Crippen LogP contribution in [0.5, 0.6) is 5.75 Å². The minimum absolute atomic E-state index is 0.0745. The van der Waals surface area contributed by atoms with Gasteiger partial charge < -0.3 is 13.5 Å². The summed E-state index contributed by atoms with van der Waals surface area (Å²) in [6, 6.07) is 17.6. The average molecular weight is 533 g/mol. The first-order valence-corrected chi connectivity index (χ1v) is 12.2. The summed E-state index contributed by atoms with van der Waals surface area (Å²) in [5, 5.41) is 0. The van der Waals surface area contributed by atoms with Crippen molar-refractivity contribution in [3.05, 3.63) is 119 Å². The zero-order valence-electron chi connectivity index (χ0n) is 19.0. The largest absolute Gasteiger partial charge is 0.467 e. The quantitative estimate of drug-likeness (QED) is 0.204. The molecule has 0 bridgehead atoms. The van der Waals surface area contributed by atoms with Crippen molar-refractivity contribution in [2.75, 3.05) is 0 Å². The van der Waals surface area contributed by atoms with Crippen molar-refractivity contribution in [3.63, 3.8) is 0 Å². The van der Waals surface area contributed by atoms with Gasteiger partial charge in [-0.15, -0.1) is 0 Å². The van der Waals surface area contributed by atoms with Gasteiger partial charge in [0.2, 0.25) is 0 Å². The van der Waals surface area contributed by atoms with Gasteiger partial charge in [0.1, 0.15) is 22.2 Å². The molecule has 0 saturated heterocycles. The fourth-order valence-corrected chi connectivity index (χ4v) is 4.52. The Kier molecular flexibility index (Phi) is 7.35. The molecular weight excluding hydrogens is 514 g/mol. The third-order valence-electron chi connectivity index (χ3n) is 5.30. The fourth-order valence-electron chi connectivity index (χ4n) is 3.51. The highest BCUT2D eigenvalue weighted by Gasteiger charge is 2.32. The van der Waals surface area contributed by atoms with Crippen LogP contribution in [0.4, 0.5) is 17.6 Å². The second-order valence-electron chi connectivity index (χ2n) is 7.89. The van der Waals surface area contributed by atoms with Crippen molar-refractivity contribution in [1.82, 2.24) is 4.90 Å². The number of halogens is 4. The third kappa shape index (κ3) is 6.18. The SMILES string of the molecule is O=C(c1ccccc1F)N(Cc1ccco1)Cc1ccccc1OS(=O)(=O)c1cccc(C(F)(F)F)c1. The Morgan fingerprint density at radius 2 is 1.62 bits per heavy atom. The molecule has 0 aliphatic rings. The molecule has 0 aliphatic heterocycles. The van der Waals surface area contributed by atoms with E-state index in [-0.39, 0.29) is 30.0 Å². The molecular formula is C26H19F4NO5S. The third-order valence-corrected chi connectivity index (χ3v) is 6.53. The van der Waals surface area contributed by atoms with Gasteiger partial charge in [-0.25, -0.2) is 4.39 Å². The molecule has 0 atom stereocenters. The predicted molar refractivity (Wildman–Crippen MR) is 124 cm³/mol. The molecule has 3 aromatic carbocycles. The van der Waals surface area contributed by atoms with E-state index in [1.807, 2.05) is 0 Å². The van der Waals surface area contributed by atoms with Gasteiger partial charge in [0.15, 0.2) is 0 Å². The Hall–Kier alpha value is -4.12. The van der Waals surface area contributed by atoms with E-state index in [0.717, 1.165) is 24.3 Å². The number of nitrogens with zero attached hydrogens (tertiary/aromatic N) is 1. The van der Waals surface area contributed by atoms with Crippen LogP contribution in [0.1, 0.15) is 27.2 Å². The van der Waals surface area contributed by atoms with Gasteiger partial charge in [-0.3, -0.25) is 4.79 Å². The van der Waals surface area contributed by atoms with E-state index in [0.29, 0.717) is 11.8 Å². The molecule has 0 saturated carbocycles. The maximum atomic E-state index is 14.4. The van der Waals surface area contributed by atoms with Crippen LogP contribution in [0.2, 0.25) is 0 Å². The van der Waals surface area contributed by atoms with E-state index in [9.17, 15) is 30.8 Å². The summed E-state index contributed by atoms with van der Waals surface area (Å²) in [7, 11) is -4.67. The summed E-state index contributed by atoms with van der Waals surface area (Å²) in [5.41, 5.74) is -1.14. The van der Waals surface area contributed by atoms with Gasteiger partial charge in [0, 0.05) is 5.56 Å². The van der Waals surface area contributed by atoms with Crippen LogP contribution in [0.3, 0.4) is 0 Å². The lowest BCUT2D eigenvalue weighted by molar-refractivity contribution is -0.137. The molecule has 0 unspecified atom stereocenters. The molecule has 11 heteroatoms. The summed E-state index contributed by atoms with van der Waals surface area (Å²) in [5.74, 6) is -1.25. The smallest absolute Gasteiger partial charge is 0.416 e. The Morgan fingerprint density at radius 1 is 0.892 bits per heavy atom. The number of benzene rings is 3. The molecule has 6 nitrogen and oxygen atoms in total. The minimum Gasteiger partial charge on any atom is -0.467 e. The fraction of sp³-hybridized carbons (Fsp3) is 0.115. The molecule has 1 aromatic heterocycles. The molecule has 1 amide bonds. The van der Waals surface area contributed by atoms with Crippen LogP contribution >= 0.6 is 0 Å². The Morgan fingerprint density at radius 3 is 2.32 bits per heavy atom. The molecule has 0 N–H and O–H groups in total. The number of furan rings is 1. The lowest BCUT2D eigenvalue weighted by Gasteiger charge is -2.23. The standard InChI is InChI=1S/C26H19F4NO5S/c27-23-12-3-2-11-22(23)25(32)31(17-20-9-6-14-35-20)16-18-7-1-4-13-24(18)36-37(33,34)21-10-5-8-19(15-21)26(28,29)30/h1-15H,16-17H2. The molecule has 4 aromatic rings. The first kappa shape index (κ1) is 26.0. The van der Waals surface area contributed by atoms with Crippen LogP contribution in [0, 0.1) is 5.82 Å². The molecule has 192 valence electrons. The van der Waals surface area contributed by atoms with E-state index in [1.165, 1.54) is 47.6 Å². The monoisotopic (exact) mass is 533 g/mol. The lowest BCUT2D eigenvalue weighted by Crippen LogP contribution is -2.31.